The summed E-state index contributed by atoms with van der Waals surface area (Å²) in [7, 11) is 0. The normalized spacial score (nSPS) is 12.3. The van der Waals surface area contributed by atoms with Crippen LogP contribution in [0.15, 0.2) is 22.7 Å². The standard InChI is InChI=1S/C9H8N4S2/c1-6(5-10)15-9-11-8(12-13-9)7-3-2-4-14-7/h2-4,6H,1H3,(H,11,12,13)/t6-/m1/s1. The summed E-state index contributed by atoms with van der Waals surface area (Å²) in [5, 5.41) is 18.0. The lowest BCUT2D eigenvalue weighted by atomic mass is 10.4. The first-order chi connectivity index (χ1) is 7.29. The molecule has 0 bridgehead atoms. The maximum Gasteiger partial charge on any atom is 0.210 e. The van der Waals surface area contributed by atoms with Gasteiger partial charge in [0.25, 0.3) is 0 Å². The van der Waals surface area contributed by atoms with Crippen molar-refractivity contribution in [2.75, 3.05) is 0 Å². The number of nitrogens with zero attached hydrogens (tertiary/aromatic N) is 3. The molecule has 2 aromatic heterocycles. The Kier molecular flexibility index (Phi) is 3.04. The summed E-state index contributed by atoms with van der Waals surface area (Å²) in [5.74, 6) is 0.762. The van der Waals surface area contributed by atoms with E-state index in [2.05, 4.69) is 21.3 Å². The zero-order valence-electron chi connectivity index (χ0n) is 7.97. The molecule has 0 aliphatic rings. The summed E-state index contributed by atoms with van der Waals surface area (Å²) >= 11 is 2.96. The Bertz CT molecular complexity index is 469. The van der Waals surface area contributed by atoms with Crippen LogP contribution in [0.3, 0.4) is 0 Å². The van der Waals surface area contributed by atoms with E-state index in [0.717, 1.165) is 10.7 Å². The largest absolute Gasteiger partial charge is 0.257 e. The lowest BCUT2D eigenvalue weighted by molar-refractivity contribution is 0.970. The fourth-order valence-electron chi connectivity index (χ4n) is 1.01. The summed E-state index contributed by atoms with van der Waals surface area (Å²) in [6.45, 7) is 1.83. The van der Waals surface area contributed by atoms with Gasteiger partial charge in [-0.05, 0) is 18.4 Å². The van der Waals surface area contributed by atoms with Gasteiger partial charge < -0.3 is 0 Å². The summed E-state index contributed by atoms with van der Waals surface area (Å²) in [4.78, 5) is 5.35. The van der Waals surface area contributed by atoms with Gasteiger partial charge in [-0.2, -0.15) is 5.26 Å². The molecular weight excluding hydrogens is 228 g/mol. The number of aromatic amines is 1. The molecule has 0 aromatic carbocycles. The van der Waals surface area contributed by atoms with Crippen molar-refractivity contribution in [3.05, 3.63) is 17.5 Å². The van der Waals surface area contributed by atoms with Gasteiger partial charge in [0.15, 0.2) is 5.82 Å². The van der Waals surface area contributed by atoms with Crippen LogP contribution < -0.4 is 0 Å². The molecule has 2 aromatic rings. The van der Waals surface area contributed by atoms with Gasteiger partial charge in [0.2, 0.25) is 5.16 Å². The third kappa shape index (κ3) is 2.37. The average molecular weight is 236 g/mol. The molecule has 0 aliphatic carbocycles. The van der Waals surface area contributed by atoms with Gasteiger partial charge in [0.05, 0.1) is 16.2 Å². The van der Waals surface area contributed by atoms with Crippen molar-refractivity contribution in [3.8, 4) is 16.8 Å². The lowest BCUT2D eigenvalue weighted by Gasteiger charge is -1.93. The van der Waals surface area contributed by atoms with E-state index in [1.165, 1.54) is 11.8 Å². The molecule has 0 aliphatic heterocycles. The van der Waals surface area contributed by atoms with Crippen LogP contribution in [0.1, 0.15) is 6.92 Å². The van der Waals surface area contributed by atoms with Crippen LogP contribution in [-0.2, 0) is 0 Å². The molecule has 1 N–H and O–H groups in total. The SMILES string of the molecule is C[C@H](C#N)Sc1n[nH]c(-c2cccs2)n1. The predicted molar refractivity (Wildman–Crippen MR) is 60.6 cm³/mol. The quantitative estimate of drug-likeness (QED) is 0.832. The van der Waals surface area contributed by atoms with Crippen molar-refractivity contribution in [3.63, 3.8) is 0 Å². The number of H-pyrrole nitrogens is 1. The first-order valence-corrected chi connectivity index (χ1v) is 6.08. The van der Waals surface area contributed by atoms with E-state index in [1.54, 1.807) is 11.3 Å². The third-order valence-corrected chi connectivity index (χ3v) is 3.41. The number of thioether (sulfide) groups is 1. The van der Waals surface area contributed by atoms with Crippen molar-refractivity contribution >= 4 is 23.1 Å². The summed E-state index contributed by atoms with van der Waals surface area (Å²) in [6.07, 6.45) is 0. The van der Waals surface area contributed by atoms with E-state index >= 15 is 0 Å². The molecule has 0 saturated carbocycles. The van der Waals surface area contributed by atoms with Crippen LogP contribution in [0, 0.1) is 11.3 Å². The minimum Gasteiger partial charge on any atom is -0.257 e. The molecule has 2 rings (SSSR count). The number of aromatic nitrogens is 3. The van der Waals surface area contributed by atoms with Crippen LogP contribution in [0.5, 0.6) is 0 Å². The Morgan fingerprint density at radius 3 is 3.20 bits per heavy atom. The van der Waals surface area contributed by atoms with E-state index in [4.69, 9.17) is 5.26 Å². The van der Waals surface area contributed by atoms with Gasteiger partial charge in [-0.25, -0.2) is 4.98 Å². The van der Waals surface area contributed by atoms with E-state index in [9.17, 15) is 0 Å². The molecule has 1 atom stereocenters. The van der Waals surface area contributed by atoms with Crippen LogP contribution >= 0.6 is 23.1 Å². The summed E-state index contributed by atoms with van der Waals surface area (Å²) < 4.78 is 0. The molecule has 0 unspecified atom stereocenters. The molecule has 4 nitrogen and oxygen atoms in total. The zero-order valence-corrected chi connectivity index (χ0v) is 9.60. The molecular formula is C9H8N4S2. The highest BCUT2D eigenvalue weighted by molar-refractivity contribution is 8.00. The maximum absolute atomic E-state index is 8.65. The minimum absolute atomic E-state index is 0.128. The van der Waals surface area contributed by atoms with Crippen molar-refractivity contribution < 1.29 is 0 Å². The number of hydrogen-bond donors (Lipinski definition) is 1. The molecule has 0 radical (unpaired) electrons. The van der Waals surface area contributed by atoms with Gasteiger partial charge in [0, 0.05) is 0 Å². The number of nitriles is 1. The monoisotopic (exact) mass is 236 g/mol. The number of thiophene rings is 1. The second-order valence-electron chi connectivity index (χ2n) is 2.83. The molecule has 15 heavy (non-hydrogen) atoms. The Hall–Kier alpha value is -1.32. The molecule has 0 amide bonds. The second-order valence-corrected chi connectivity index (χ2v) is 5.09. The zero-order chi connectivity index (χ0) is 10.7. The third-order valence-electron chi connectivity index (χ3n) is 1.68. The second kappa shape index (κ2) is 4.47. The number of nitrogens with one attached hydrogen (secondary N) is 1. The number of hydrogen-bond acceptors (Lipinski definition) is 5. The molecule has 0 saturated heterocycles. The van der Waals surface area contributed by atoms with Crippen LogP contribution in [-0.4, -0.2) is 20.4 Å². The minimum atomic E-state index is -0.128. The molecule has 0 fully saturated rings. The van der Waals surface area contributed by atoms with Gasteiger partial charge in [-0.1, -0.05) is 17.8 Å². The van der Waals surface area contributed by atoms with E-state index in [-0.39, 0.29) is 5.25 Å². The molecule has 6 heteroatoms. The first kappa shape index (κ1) is 10.2. The highest BCUT2D eigenvalue weighted by Gasteiger charge is 2.09. The van der Waals surface area contributed by atoms with Crippen LogP contribution in [0.2, 0.25) is 0 Å². The first-order valence-electron chi connectivity index (χ1n) is 4.32. The van der Waals surface area contributed by atoms with Gasteiger partial charge in [0.1, 0.15) is 0 Å². The Morgan fingerprint density at radius 1 is 1.67 bits per heavy atom. The Balaban J connectivity index is 2.15. The summed E-state index contributed by atoms with van der Waals surface area (Å²) in [6, 6.07) is 6.07. The maximum atomic E-state index is 8.65. The van der Waals surface area contributed by atoms with Crippen molar-refractivity contribution in [2.24, 2.45) is 0 Å². The Morgan fingerprint density at radius 2 is 2.53 bits per heavy atom. The van der Waals surface area contributed by atoms with E-state index in [0.29, 0.717) is 5.16 Å². The highest BCUT2D eigenvalue weighted by Crippen LogP contribution is 2.24. The van der Waals surface area contributed by atoms with Crippen molar-refractivity contribution in [1.82, 2.24) is 15.2 Å². The van der Waals surface area contributed by atoms with Crippen LogP contribution in [0.25, 0.3) is 10.7 Å². The lowest BCUT2D eigenvalue weighted by Crippen LogP contribution is -1.90. The fourth-order valence-corrected chi connectivity index (χ4v) is 2.28. The van der Waals surface area contributed by atoms with E-state index < -0.39 is 0 Å². The van der Waals surface area contributed by atoms with Crippen molar-refractivity contribution in [1.29, 1.82) is 5.26 Å². The summed E-state index contributed by atoms with van der Waals surface area (Å²) in [5.41, 5.74) is 0. The highest BCUT2D eigenvalue weighted by atomic mass is 32.2. The number of rotatable bonds is 3. The molecule has 2 heterocycles. The Labute approximate surface area is 95.4 Å². The predicted octanol–water partition coefficient (Wildman–Crippen LogP) is 2.54. The van der Waals surface area contributed by atoms with Crippen molar-refractivity contribution in [2.45, 2.75) is 17.3 Å². The molecule has 0 spiro atoms. The fraction of sp³-hybridized carbons (Fsp3) is 0.222. The van der Waals surface area contributed by atoms with Crippen LogP contribution in [0.4, 0.5) is 0 Å². The smallest absolute Gasteiger partial charge is 0.210 e. The van der Waals surface area contributed by atoms with E-state index in [1.807, 2.05) is 24.4 Å². The average Bonchev–Trinajstić information content (AvgIpc) is 2.85. The topological polar surface area (TPSA) is 65.4 Å². The van der Waals surface area contributed by atoms with Gasteiger partial charge in [-0.15, -0.1) is 16.4 Å². The van der Waals surface area contributed by atoms with Gasteiger partial charge in [-0.3, -0.25) is 5.10 Å². The van der Waals surface area contributed by atoms with Gasteiger partial charge >= 0.3 is 0 Å². The molecule has 76 valence electrons.